The van der Waals surface area contributed by atoms with Gasteiger partial charge in [0.1, 0.15) is 5.75 Å². The minimum Gasteiger partial charge on any atom is -0.507 e. The van der Waals surface area contributed by atoms with Crippen LogP contribution in [0.2, 0.25) is 0 Å². The van der Waals surface area contributed by atoms with Crippen LogP contribution in [0.4, 0.5) is 0 Å². The van der Waals surface area contributed by atoms with Gasteiger partial charge in [-0.3, -0.25) is 4.79 Å². The summed E-state index contributed by atoms with van der Waals surface area (Å²) in [5, 5.41) is 13.5. The lowest BCUT2D eigenvalue weighted by Gasteiger charge is -2.09. The Hall–Kier alpha value is -3.02. The van der Waals surface area contributed by atoms with Crippen molar-refractivity contribution in [3.05, 3.63) is 53.6 Å². The second kappa shape index (κ2) is 7.84. The molecule has 2 N–H and O–H groups in total. The lowest BCUT2D eigenvalue weighted by molar-refractivity contribution is 0.0952. The zero-order valence-electron chi connectivity index (χ0n) is 12.9. The van der Waals surface area contributed by atoms with Gasteiger partial charge < -0.3 is 14.6 Å². The molecule has 0 atom stereocenters. The fraction of sp³-hybridized carbons (Fsp3) is 0.176. The molecule has 0 heterocycles. The number of amides is 1. The first-order valence-corrected chi connectivity index (χ1v) is 7.08. The molecule has 0 fully saturated rings. The highest BCUT2D eigenvalue weighted by Gasteiger charge is 2.08. The maximum atomic E-state index is 11.9. The molecule has 1 amide bonds. The highest BCUT2D eigenvalue weighted by molar-refractivity contribution is 5.97. The van der Waals surface area contributed by atoms with Crippen LogP contribution in [-0.4, -0.2) is 30.9 Å². The van der Waals surface area contributed by atoms with Crippen LogP contribution < -0.4 is 14.9 Å². The Morgan fingerprint density at radius 1 is 1.26 bits per heavy atom. The van der Waals surface area contributed by atoms with Crippen molar-refractivity contribution in [1.82, 2.24) is 5.43 Å². The first-order chi connectivity index (χ1) is 11.2. The van der Waals surface area contributed by atoms with Crippen LogP contribution in [0.1, 0.15) is 22.8 Å². The summed E-state index contributed by atoms with van der Waals surface area (Å²) in [6.07, 6.45) is 1.48. The topological polar surface area (TPSA) is 80.2 Å². The van der Waals surface area contributed by atoms with E-state index in [1.165, 1.54) is 18.3 Å². The molecule has 0 aromatic heterocycles. The fourth-order valence-electron chi connectivity index (χ4n) is 1.93. The molecule has 6 nitrogen and oxygen atoms in total. The second-order valence-electron chi connectivity index (χ2n) is 4.56. The summed E-state index contributed by atoms with van der Waals surface area (Å²) in [5.74, 6) is 0.647. The lowest BCUT2D eigenvalue weighted by Crippen LogP contribution is -2.17. The first kappa shape index (κ1) is 16.4. The number of aromatic hydroxyl groups is 1. The van der Waals surface area contributed by atoms with Crippen molar-refractivity contribution < 1.29 is 19.4 Å². The van der Waals surface area contributed by atoms with E-state index in [0.717, 1.165) is 5.56 Å². The number of benzene rings is 2. The molecule has 0 aliphatic rings. The Bertz CT molecular complexity index is 713. The van der Waals surface area contributed by atoms with E-state index >= 15 is 0 Å². The fourth-order valence-corrected chi connectivity index (χ4v) is 1.93. The molecular formula is C17H18N2O4. The van der Waals surface area contributed by atoms with E-state index in [9.17, 15) is 9.90 Å². The molecule has 2 rings (SSSR count). The number of carbonyl (C=O) groups is 1. The van der Waals surface area contributed by atoms with Crippen molar-refractivity contribution in [2.24, 2.45) is 5.10 Å². The quantitative estimate of drug-likeness (QED) is 0.634. The number of phenolic OH excluding ortho intramolecular Hbond substituents is 1. The van der Waals surface area contributed by atoms with Gasteiger partial charge in [-0.15, -0.1) is 0 Å². The summed E-state index contributed by atoms with van der Waals surface area (Å²) in [6, 6.07) is 11.6. The Morgan fingerprint density at radius 3 is 2.74 bits per heavy atom. The zero-order chi connectivity index (χ0) is 16.7. The number of hydrazone groups is 1. The smallest absolute Gasteiger partial charge is 0.275 e. The van der Waals surface area contributed by atoms with E-state index in [2.05, 4.69) is 10.5 Å². The third-order valence-corrected chi connectivity index (χ3v) is 3.02. The number of nitrogens with one attached hydrogen (secondary N) is 1. The van der Waals surface area contributed by atoms with Gasteiger partial charge in [0, 0.05) is 0 Å². The number of hydrogen-bond donors (Lipinski definition) is 2. The Balaban J connectivity index is 2.06. The summed E-state index contributed by atoms with van der Waals surface area (Å²) >= 11 is 0. The van der Waals surface area contributed by atoms with E-state index in [-0.39, 0.29) is 11.3 Å². The maximum absolute atomic E-state index is 11.9. The van der Waals surface area contributed by atoms with E-state index in [0.29, 0.717) is 18.1 Å². The Morgan fingerprint density at radius 2 is 2.04 bits per heavy atom. The number of nitrogens with zero attached hydrogens (tertiary/aromatic N) is 1. The monoisotopic (exact) mass is 314 g/mol. The molecule has 0 unspecified atom stereocenters. The van der Waals surface area contributed by atoms with Crippen LogP contribution in [-0.2, 0) is 0 Å². The van der Waals surface area contributed by atoms with Gasteiger partial charge in [0.2, 0.25) is 0 Å². The van der Waals surface area contributed by atoms with Crippen molar-refractivity contribution in [2.75, 3.05) is 13.7 Å². The molecule has 0 aliphatic carbocycles. The summed E-state index contributed by atoms with van der Waals surface area (Å²) in [7, 11) is 1.55. The Labute approximate surface area is 134 Å². The summed E-state index contributed by atoms with van der Waals surface area (Å²) in [5.41, 5.74) is 3.26. The first-order valence-electron chi connectivity index (χ1n) is 7.08. The highest BCUT2D eigenvalue weighted by atomic mass is 16.5. The Kier molecular flexibility index (Phi) is 5.57. The molecule has 2 aromatic carbocycles. The molecule has 0 bridgehead atoms. The normalized spacial score (nSPS) is 10.5. The average molecular weight is 314 g/mol. The minimum atomic E-state index is -0.489. The number of methoxy groups -OCH3 is 1. The van der Waals surface area contributed by atoms with Crippen molar-refractivity contribution in [3.63, 3.8) is 0 Å². The van der Waals surface area contributed by atoms with Crippen LogP contribution in [0.3, 0.4) is 0 Å². The number of rotatable bonds is 6. The predicted molar refractivity (Wildman–Crippen MR) is 87.3 cm³/mol. The molecule has 6 heteroatoms. The summed E-state index contributed by atoms with van der Waals surface area (Å²) < 4.78 is 10.7. The second-order valence-corrected chi connectivity index (χ2v) is 4.56. The van der Waals surface area contributed by atoms with Crippen LogP contribution >= 0.6 is 0 Å². The van der Waals surface area contributed by atoms with Crippen molar-refractivity contribution in [2.45, 2.75) is 6.92 Å². The molecule has 2 aromatic rings. The molecule has 0 saturated carbocycles. The minimum absolute atomic E-state index is 0.0945. The third-order valence-electron chi connectivity index (χ3n) is 3.02. The molecule has 0 aliphatic heterocycles. The number of para-hydroxylation sites is 1. The molecular weight excluding hydrogens is 296 g/mol. The van der Waals surface area contributed by atoms with E-state index < -0.39 is 5.91 Å². The van der Waals surface area contributed by atoms with Gasteiger partial charge in [-0.05, 0) is 42.8 Å². The number of phenols is 1. The number of ether oxygens (including phenoxy) is 2. The SMILES string of the molecule is CCOc1ccc(C=NNC(=O)c2ccccc2O)cc1OC. The van der Waals surface area contributed by atoms with Crippen LogP contribution in [0, 0.1) is 0 Å². The van der Waals surface area contributed by atoms with E-state index in [4.69, 9.17) is 9.47 Å². The van der Waals surface area contributed by atoms with Crippen LogP contribution in [0.15, 0.2) is 47.6 Å². The zero-order valence-corrected chi connectivity index (χ0v) is 12.9. The molecule has 0 spiro atoms. The van der Waals surface area contributed by atoms with Crippen LogP contribution in [0.25, 0.3) is 0 Å². The maximum Gasteiger partial charge on any atom is 0.275 e. The molecule has 0 saturated heterocycles. The predicted octanol–water partition coefficient (Wildman–Crippen LogP) is 2.56. The highest BCUT2D eigenvalue weighted by Crippen LogP contribution is 2.27. The number of hydrogen-bond acceptors (Lipinski definition) is 5. The van der Waals surface area contributed by atoms with Crippen molar-refractivity contribution in [1.29, 1.82) is 0 Å². The van der Waals surface area contributed by atoms with Crippen molar-refractivity contribution >= 4 is 12.1 Å². The van der Waals surface area contributed by atoms with Gasteiger partial charge in [0.05, 0.1) is 25.5 Å². The van der Waals surface area contributed by atoms with Gasteiger partial charge in [-0.2, -0.15) is 5.10 Å². The summed E-state index contributed by atoms with van der Waals surface area (Å²) in [6.45, 7) is 2.43. The molecule has 23 heavy (non-hydrogen) atoms. The van der Waals surface area contributed by atoms with Crippen molar-refractivity contribution in [3.8, 4) is 17.2 Å². The third kappa shape index (κ3) is 4.23. The number of carbonyl (C=O) groups excluding carboxylic acids is 1. The van der Waals surface area contributed by atoms with Crippen LogP contribution in [0.5, 0.6) is 17.2 Å². The standard InChI is InChI=1S/C17H18N2O4/c1-3-23-15-9-8-12(10-16(15)22-2)11-18-19-17(21)13-6-4-5-7-14(13)20/h4-11,20H,3H2,1-2H3,(H,19,21). The average Bonchev–Trinajstić information content (AvgIpc) is 2.56. The van der Waals surface area contributed by atoms with E-state index in [1.807, 2.05) is 6.92 Å². The van der Waals surface area contributed by atoms with E-state index in [1.54, 1.807) is 37.4 Å². The largest absolute Gasteiger partial charge is 0.507 e. The molecule has 0 radical (unpaired) electrons. The molecule has 120 valence electrons. The summed E-state index contributed by atoms with van der Waals surface area (Å²) in [4.78, 5) is 11.9. The lowest BCUT2D eigenvalue weighted by atomic mass is 10.2. The van der Waals surface area contributed by atoms with Gasteiger partial charge in [-0.1, -0.05) is 12.1 Å². The van der Waals surface area contributed by atoms with Gasteiger partial charge in [-0.25, -0.2) is 5.43 Å². The van der Waals surface area contributed by atoms with Gasteiger partial charge in [0.25, 0.3) is 5.91 Å². The van der Waals surface area contributed by atoms with Gasteiger partial charge in [0.15, 0.2) is 11.5 Å². The van der Waals surface area contributed by atoms with Gasteiger partial charge >= 0.3 is 0 Å².